The summed E-state index contributed by atoms with van der Waals surface area (Å²) >= 11 is 0. The van der Waals surface area contributed by atoms with Gasteiger partial charge in [0.25, 0.3) is 11.8 Å². The molecule has 7 heteroatoms. The quantitative estimate of drug-likeness (QED) is 0.594. The third kappa shape index (κ3) is 5.14. The molecule has 1 aromatic heterocycles. The van der Waals surface area contributed by atoms with Crippen LogP contribution in [0.15, 0.2) is 65.3 Å². The number of anilines is 2. The monoisotopic (exact) mass is 406 g/mol. The second-order valence-corrected chi connectivity index (χ2v) is 6.87. The summed E-state index contributed by atoms with van der Waals surface area (Å²) in [5, 5.41) is 5.42. The number of benzene rings is 2. The molecule has 1 atom stereocenters. The van der Waals surface area contributed by atoms with Gasteiger partial charge in [0, 0.05) is 11.4 Å². The molecule has 0 aliphatic carbocycles. The van der Waals surface area contributed by atoms with E-state index in [1.165, 1.54) is 25.3 Å². The van der Waals surface area contributed by atoms with Crippen LogP contribution in [0.5, 0.6) is 0 Å². The van der Waals surface area contributed by atoms with Crippen molar-refractivity contribution in [1.82, 2.24) is 0 Å². The highest BCUT2D eigenvalue weighted by Gasteiger charge is 2.20. The lowest BCUT2D eigenvalue weighted by molar-refractivity contribution is -0.123. The lowest BCUT2D eigenvalue weighted by Gasteiger charge is -2.15. The molecule has 0 spiro atoms. The topological polar surface area (TPSA) is 97.6 Å². The molecule has 30 heavy (non-hydrogen) atoms. The highest BCUT2D eigenvalue weighted by Crippen LogP contribution is 2.19. The van der Waals surface area contributed by atoms with E-state index in [0.29, 0.717) is 11.4 Å². The summed E-state index contributed by atoms with van der Waals surface area (Å²) < 4.78 is 10.4. The zero-order valence-electron chi connectivity index (χ0n) is 16.9. The van der Waals surface area contributed by atoms with E-state index in [1.807, 2.05) is 25.1 Å². The van der Waals surface area contributed by atoms with Crippen molar-refractivity contribution in [2.24, 2.45) is 0 Å². The van der Waals surface area contributed by atoms with Crippen LogP contribution in [0.1, 0.15) is 39.0 Å². The van der Waals surface area contributed by atoms with Crippen molar-refractivity contribution in [2.75, 3.05) is 10.6 Å². The summed E-state index contributed by atoms with van der Waals surface area (Å²) in [6.45, 7) is 5.21. The molecule has 7 nitrogen and oxygen atoms in total. The number of esters is 1. The Balaban J connectivity index is 1.65. The molecule has 2 amide bonds. The van der Waals surface area contributed by atoms with Gasteiger partial charge in [0.2, 0.25) is 0 Å². The molecule has 0 fully saturated rings. The predicted molar refractivity (Wildman–Crippen MR) is 113 cm³/mol. The third-order valence-electron chi connectivity index (χ3n) is 4.41. The second-order valence-electron chi connectivity index (χ2n) is 6.87. The van der Waals surface area contributed by atoms with Crippen molar-refractivity contribution in [3.8, 4) is 0 Å². The molecule has 0 saturated carbocycles. The van der Waals surface area contributed by atoms with Gasteiger partial charge >= 0.3 is 5.97 Å². The minimum atomic E-state index is -1.000. The van der Waals surface area contributed by atoms with E-state index in [1.54, 1.807) is 31.2 Å². The standard InChI is InChI=1S/C23H22N2O5/c1-14-6-4-7-18(12-14)24-21(26)16(3)30-23(28)17-10-9-15(2)19(13-17)25-22(27)20-8-5-11-29-20/h4-13,16H,1-3H3,(H,24,26)(H,25,27)/t16-/m0/s1. The van der Waals surface area contributed by atoms with Gasteiger partial charge in [-0.2, -0.15) is 0 Å². The van der Waals surface area contributed by atoms with Crippen LogP contribution in [0, 0.1) is 13.8 Å². The minimum absolute atomic E-state index is 0.156. The SMILES string of the molecule is Cc1cccc(NC(=O)[C@H](C)OC(=O)c2ccc(C)c(NC(=O)c3ccco3)c2)c1. The summed E-state index contributed by atoms with van der Waals surface area (Å²) in [4.78, 5) is 37.0. The Morgan fingerprint density at radius 3 is 2.47 bits per heavy atom. The first kappa shape index (κ1) is 20.9. The van der Waals surface area contributed by atoms with Gasteiger partial charge in [-0.3, -0.25) is 9.59 Å². The van der Waals surface area contributed by atoms with Crippen molar-refractivity contribution >= 4 is 29.2 Å². The number of hydrogen-bond donors (Lipinski definition) is 2. The fraction of sp³-hybridized carbons (Fsp3) is 0.174. The van der Waals surface area contributed by atoms with Gasteiger partial charge in [-0.15, -0.1) is 0 Å². The van der Waals surface area contributed by atoms with Crippen LogP contribution in [-0.2, 0) is 9.53 Å². The summed E-state index contributed by atoms with van der Waals surface area (Å²) in [5.74, 6) is -1.38. The number of ether oxygens (including phenoxy) is 1. The maximum absolute atomic E-state index is 12.5. The van der Waals surface area contributed by atoms with Crippen LogP contribution in [0.2, 0.25) is 0 Å². The molecule has 3 aromatic rings. The Morgan fingerprint density at radius 1 is 0.967 bits per heavy atom. The van der Waals surface area contributed by atoms with E-state index >= 15 is 0 Å². The number of amides is 2. The van der Waals surface area contributed by atoms with Gasteiger partial charge in [0.15, 0.2) is 11.9 Å². The van der Waals surface area contributed by atoms with Gasteiger partial charge in [-0.05, 0) is 68.3 Å². The Bertz CT molecular complexity index is 1070. The van der Waals surface area contributed by atoms with Crippen molar-refractivity contribution in [3.05, 3.63) is 83.3 Å². The van der Waals surface area contributed by atoms with Crippen LogP contribution < -0.4 is 10.6 Å². The van der Waals surface area contributed by atoms with Gasteiger partial charge in [0.05, 0.1) is 11.8 Å². The summed E-state index contributed by atoms with van der Waals surface area (Å²) in [6, 6.07) is 15.2. The fourth-order valence-electron chi connectivity index (χ4n) is 2.72. The van der Waals surface area contributed by atoms with E-state index in [2.05, 4.69) is 10.6 Å². The van der Waals surface area contributed by atoms with Crippen LogP contribution in [-0.4, -0.2) is 23.9 Å². The second kappa shape index (κ2) is 9.09. The molecule has 0 saturated heterocycles. The van der Waals surface area contributed by atoms with E-state index in [-0.39, 0.29) is 11.3 Å². The highest BCUT2D eigenvalue weighted by molar-refractivity contribution is 6.03. The van der Waals surface area contributed by atoms with Gasteiger partial charge in [-0.25, -0.2) is 4.79 Å². The number of nitrogens with one attached hydrogen (secondary N) is 2. The first-order valence-corrected chi connectivity index (χ1v) is 9.37. The fourth-order valence-corrected chi connectivity index (χ4v) is 2.72. The molecule has 1 heterocycles. The lowest BCUT2D eigenvalue weighted by atomic mass is 10.1. The summed E-state index contributed by atoms with van der Waals surface area (Å²) in [6.07, 6.45) is 0.402. The van der Waals surface area contributed by atoms with Crippen LogP contribution >= 0.6 is 0 Å². The van der Waals surface area contributed by atoms with E-state index in [4.69, 9.17) is 9.15 Å². The van der Waals surface area contributed by atoms with Crippen LogP contribution in [0.4, 0.5) is 11.4 Å². The maximum Gasteiger partial charge on any atom is 0.338 e. The van der Waals surface area contributed by atoms with Crippen LogP contribution in [0.3, 0.4) is 0 Å². The maximum atomic E-state index is 12.5. The molecule has 0 aliphatic heterocycles. The molecular formula is C23H22N2O5. The predicted octanol–water partition coefficient (Wildman–Crippen LogP) is 4.33. The Kier molecular flexibility index (Phi) is 6.32. The van der Waals surface area contributed by atoms with Crippen molar-refractivity contribution in [2.45, 2.75) is 26.9 Å². The molecular weight excluding hydrogens is 384 g/mol. The molecule has 0 bridgehead atoms. The number of carbonyl (C=O) groups is 3. The minimum Gasteiger partial charge on any atom is -0.459 e. The van der Waals surface area contributed by atoms with E-state index in [0.717, 1.165) is 11.1 Å². The normalized spacial score (nSPS) is 11.4. The molecule has 2 N–H and O–H groups in total. The largest absolute Gasteiger partial charge is 0.459 e. The zero-order chi connectivity index (χ0) is 21.7. The van der Waals surface area contributed by atoms with Crippen molar-refractivity contribution in [1.29, 1.82) is 0 Å². The molecule has 0 aliphatic rings. The Morgan fingerprint density at radius 2 is 1.77 bits per heavy atom. The summed E-state index contributed by atoms with van der Waals surface area (Å²) in [5.41, 5.74) is 3.05. The van der Waals surface area contributed by atoms with Crippen molar-refractivity contribution in [3.63, 3.8) is 0 Å². The first-order chi connectivity index (χ1) is 14.3. The van der Waals surface area contributed by atoms with Gasteiger partial charge in [0.1, 0.15) is 0 Å². The smallest absolute Gasteiger partial charge is 0.338 e. The molecule has 3 rings (SSSR count). The molecule has 0 radical (unpaired) electrons. The first-order valence-electron chi connectivity index (χ1n) is 9.37. The zero-order valence-corrected chi connectivity index (χ0v) is 16.9. The Hall–Kier alpha value is -3.87. The number of aryl methyl sites for hydroxylation is 2. The number of rotatable bonds is 6. The molecule has 2 aromatic carbocycles. The van der Waals surface area contributed by atoms with Crippen LogP contribution in [0.25, 0.3) is 0 Å². The van der Waals surface area contributed by atoms with E-state index in [9.17, 15) is 14.4 Å². The third-order valence-corrected chi connectivity index (χ3v) is 4.41. The number of carbonyl (C=O) groups excluding carboxylic acids is 3. The van der Waals surface area contributed by atoms with Crippen molar-refractivity contribution < 1.29 is 23.5 Å². The average molecular weight is 406 g/mol. The average Bonchev–Trinajstić information content (AvgIpc) is 3.24. The number of furan rings is 1. The highest BCUT2D eigenvalue weighted by atomic mass is 16.5. The number of hydrogen-bond acceptors (Lipinski definition) is 5. The van der Waals surface area contributed by atoms with Gasteiger partial charge in [-0.1, -0.05) is 18.2 Å². The molecule has 0 unspecified atom stereocenters. The Labute approximate surface area is 174 Å². The lowest BCUT2D eigenvalue weighted by Crippen LogP contribution is -2.30. The van der Waals surface area contributed by atoms with Gasteiger partial charge < -0.3 is 19.8 Å². The summed E-state index contributed by atoms with van der Waals surface area (Å²) in [7, 11) is 0. The molecule has 154 valence electrons. The van der Waals surface area contributed by atoms with E-state index < -0.39 is 23.9 Å².